The van der Waals surface area contributed by atoms with Gasteiger partial charge in [0.1, 0.15) is 11.0 Å². The average molecular weight is 346 g/mol. The minimum Gasteiger partial charge on any atom is -0.440 e. The van der Waals surface area contributed by atoms with Gasteiger partial charge in [-0.25, -0.2) is 9.97 Å². The first-order chi connectivity index (χ1) is 7.80. The molecule has 0 bridgehead atoms. The standard InChI is InChI=1S/C10H6Br2N2O2/c11-3-9-13-5-1-7-6(2-8(5)16-9)14-10(4-12)15-7/h1-2H,3-4H2. The number of rotatable bonds is 2. The molecule has 82 valence electrons. The van der Waals surface area contributed by atoms with Crippen LogP contribution in [0.15, 0.2) is 21.0 Å². The zero-order chi connectivity index (χ0) is 11.1. The topological polar surface area (TPSA) is 52.1 Å². The highest BCUT2D eigenvalue weighted by atomic mass is 79.9. The molecular weight excluding hydrogens is 340 g/mol. The van der Waals surface area contributed by atoms with Crippen LogP contribution < -0.4 is 0 Å². The van der Waals surface area contributed by atoms with Gasteiger partial charge in [-0.05, 0) is 0 Å². The zero-order valence-electron chi connectivity index (χ0n) is 8.04. The molecule has 16 heavy (non-hydrogen) atoms. The van der Waals surface area contributed by atoms with E-state index in [0.29, 0.717) is 22.4 Å². The Bertz CT molecular complexity index is 554. The molecule has 0 aliphatic heterocycles. The Morgan fingerprint density at radius 1 is 0.875 bits per heavy atom. The number of benzene rings is 1. The lowest BCUT2D eigenvalue weighted by Gasteiger charge is -1.85. The third-order valence-electron chi connectivity index (χ3n) is 2.22. The van der Waals surface area contributed by atoms with E-state index in [1.165, 1.54) is 0 Å². The molecule has 3 rings (SSSR count). The summed E-state index contributed by atoms with van der Waals surface area (Å²) in [5.74, 6) is 1.31. The van der Waals surface area contributed by atoms with Crippen molar-refractivity contribution in [3.63, 3.8) is 0 Å². The van der Waals surface area contributed by atoms with Gasteiger partial charge in [-0.3, -0.25) is 0 Å². The van der Waals surface area contributed by atoms with Crippen LogP contribution in [0.1, 0.15) is 11.8 Å². The van der Waals surface area contributed by atoms with Crippen LogP contribution in [0.25, 0.3) is 22.2 Å². The molecule has 2 aromatic heterocycles. The third-order valence-corrected chi connectivity index (χ3v) is 3.17. The van der Waals surface area contributed by atoms with Gasteiger partial charge in [-0.1, -0.05) is 31.9 Å². The fraction of sp³-hybridized carbons (Fsp3) is 0.200. The van der Waals surface area contributed by atoms with Gasteiger partial charge >= 0.3 is 0 Å². The largest absolute Gasteiger partial charge is 0.440 e. The fourth-order valence-electron chi connectivity index (χ4n) is 1.56. The molecule has 0 N–H and O–H groups in total. The summed E-state index contributed by atoms with van der Waals surface area (Å²) in [6.07, 6.45) is 0. The Morgan fingerprint density at radius 2 is 1.31 bits per heavy atom. The van der Waals surface area contributed by atoms with E-state index in [0.717, 1.165) is 22.2 Å². The minimum atomic E-state index is 0.600. The second-order valence-corrected chi connectivity index (χ2v) is 4.39. The van der Waals surface area contributed by atoms with Crippen LogP contribution in [0.4, 0.5) is 0 Å². The van der Waals surface area contributed by atoms with E-state index >= 15 is 0 Å². The van der Waals surface area contributed by atoms with Crippen molar-refractivity contribution in [1.29, 1.82) is 0 Å². The molecule has 0 radical (unpaired) electrons. The van der Waals surface area contributed by atoms with E-state index in [-0.39, 0.29) is 0 Å². The maximum Gasteiger partial charge on any atom is 0.206 e. The van der Waals surface area contributed by atoms with Gasteiger partial charge in [-0.2, -0.15) is 0 Å². The van der Waals surface area contributed by atoms with Crippen molar-refractivity contribution in [2.75, 3.05) is 0 Å². The molecule has 0 amide bonds. The summed E-state index contributed by atoms with van der Waals surface area (Å²) in [6.45, 7) is 0. The smallest absolute Gasteiger partial charge is 0.206 e. The lowest BCUT2D eigenvalue weighted by atomic mass is 10.3. The van der Waals surface area contributed by atoms with Crippen LogP contribution in [0.5, 0.6) is 0 Å². The number of nitrogens with zero attached hydrogens (tertiary/aromatic N) is 2. The molecule has 0 atom stereocenters. The molecule has 0 saturated carbocycles. The molecule has 1 aromatic carbocycles. The summed E-state index contributed by atoms with van der Waals surface area (Å²) < 4.78 is 11.0. The maximum atomic E-state index is 5.52. The first-order valence-corrected chi connectivity index (χ1v) is 6.85. The van der Waals surface area contributed by atoms with Gasteiger partial charge < -0.3 is 8.83 Å². The summed E-state index contributed by atoms with van der Waals surface area (Å²) in [4.78, 5) is 8.61. The van der Waals surface area contributed by atoms with Crippen molar-refractivity contribution < 1.29 is 8.83 Å². The second kappa shape index (κ2) is 3.85. The van der Waals surface area contributed by atoms with Crippen LogP contribution >= 0.6 is 31.9 Å². The molecule has 6 heteroatoms. The van der Waals surface area contributed by atoms with Crippen molar-refractivity contribution in [2.24, 2.45) is 0 Å². The highest BCUT2D eigenvalue weighted by molar-refractivity contribution is 9.08. The molecular formula is C10H6Br2N2O2. The number of oxazole rings is 2. The van der Waals surface area contributed by atoms with Crippen LogP contribution in [-0.4, -0.2) is 9.97 Å². The monoisotopic (exact) mass is 344 g/mol. The van der Waals surface area contributed by atoms with Crippen LogP contribution in [0.3, 0.4) is 0 Å². The van der Waals surface area contributed by atoms with E-state index in [4.69, 9.17) is 8.83 Å². The molecule has 3 aromatic rings. The van der Waals surface area contributed by atoms with Gasteiger partial charge in [0.25, 0.3) is 0 Å². The fourth-order valence-corrected chi connectivity index (χ4v) is 2.04. The number of aromatic nitrogens is 2. The van der Waals surface area contributed by atoms with Crippen LogP contribution in [-0.2, 0) is 10.7 Å². The summed E-state index contributed by atoms with van der Waals surface area (Å²) in [5, 5.41) is 1.20. The Kier molecular flexibility index (Phi) is 2.48. The quantitative estimate of drug-likeness (QED) is 0.663. The first kappa shape index (κ1) is 10.3. The second-order valence-electron chi connectivity index (χ2n) is 3.27. The van der Waals surface area contributed by atoms with E-state index in [1.807, 2.05) is 12.1 Å². The molecule has 0 spiro atoms. The van der Waals surface area contributed by atoms with Crippen molar-refractivity contribution >= 4 is 54.1 Å². The highest BCUT2D eigenvalue weighted by Crippen LogP contribution is 2.25. The van der Waals surface area contributed by atoms with E-state index in [1.54, 1.807) is 0 Å². The Morgan fingerprint density at radius 3 is 1.69 bits per heavy atom. The summed E-state index contributed by atoms with van der Waals surface area (Å²) in [6, 6.07) is 3.69. The number of alkyl halides is 2. The number of fused-ring (bicyclic) bond motifs is 2. The molecule has 0 aliphatic carbocycles. The van der Waals surface area contributed by atoms with E-state index in [9.17, 15) is 0 Å². The summed E-state index contributed by atoms with van der Waals surface area (Å²) in [5.41, 5.74) is 3.05. The lowest BCUT2D eigenvalue weighted by Crippen LogP contribution is -1.73. The first-order valence-electron chi connectivity index (χ1n) is 4.61. The summed E-state index contributed by atoms with van der Waals surface area (Å²) in [7, 11) is 0. The predicted molar refractivity (Wildman–Crippen MR) is 66.8 cm³/mol. The number of halogens is 2. The van der Waals surface area contributed by atoms with Crippen molar-refractivity contribution in [2.45, 2.75) is 10.7 Å². The van der Waals surface area contributed by atoms with Crippen LogP contribution in [0.2, 0.25) is 0 Å². The van der Waals surface area contributed by atoms with Crippen molar-refractivity contribution in [3.8, 4) is 0 Å². The van der Waals surface area contributed by atoms with Crippen molar-refractivity contribution in [3.05, 3.63) is 23.9 Å². The molecule has 0 unspecified atom stereocenters. The molecule has 2 heterocycles. The summed E-state index contributed by atoms with van der Waals surface area (Å²) >= 11 is 6.61. The minimum absolute atomic E-state index is 0.600. The van der Waals surface area contributed by atoms with Gasteiger partial charge in [-0.15, -0.1) is 0 Å². The van der Waals surface area contributed by atoms with E-state index < -0.39 is 0 Å². The van der Waals surface area contributed by atoms with Crippen molar-refractivity contribution in [1.82, 2.24) is 9.97 Å². The van der Waals surface area contributed by atoms with E-state index in [2.05, 4.69) is 41.8 Å². The maximum absolute atomic E-state index is 5.52. The van der Waals surface area contributed by atoms with Gasteiger partial charge in [0.2, 0.25) is 11.8 Å². The van der Waals surface area contributed by atoms with Crippen LogP contribution in [0, 0.1) is 0 Å². The van der Waals surface area contributed by atoms with Gasteiger partial charge in [0, 0.05) is 12.1 Å². The molecule has 0 aliphatic rings. The normalized spacial score (nSPS) is 11.6. The third kappa shape index (κ3) is 1.56. The average Bonchev–Trinajstić information content (AvgIpc) is 2.86. The Hall–Kier alpha value is -0.880. The lowest BCUT2D eigenvalue weighted by molar-refractivity contribution is 0.556. The highest BCUT2D eigenvalue weighted by Gasteiger charge is 2.10. The molecule has 0 saturated heterocycles. The molecule has 0 fully saturated rings. The Labute approximate surface area is 107 Å². The SMILES string of the molecule is BrCc1nc2cc3oc(CBr)nc3cc2o1. The number of hydrogen-bond donors (Lipinski definition) is 0. The van der Waals surface area contributed by atoms with Gasteiger partial charge in [0.05, 0.1) is 10.7 Å². The molecule has 4 nitrogen and oxygen atoms in total. The zero-order valence-corrected chi connectivity index (χ0v) is 11.2. The number of hydrogen-bond acceptors (Lipinski definition) is 4. The Balaban J connectivity index is 2.28. The van der Waals surface area contributed by atoms with Gasteiger partial charge in [0.15, 0.2) is 11.2 Å². The predicted octanol–water partition coefficient (Wildman–Crippen LogP) is 3.76.